The summed E-state index contributed by atoms with van der Waals surface area (Å²) in [5, 5.41) is 2.85. The number of carbonyl (C=O) groups excluding carboxylic acids is 2. The predicted octanol–water partition coefficient (Wildman–Crippen LogP) is 1.74. The molecule has 0 bridgehead atoms. The topological polar surface area (TPSA) is 55.4 Å². The van der Waals surface area contributed by atoms with Gasteiger partial charge in [-0.05, 0) is 31.1 Å². The third kappa shape index (κ3) is 4.36. The average molecular weight is 241 g/mol. The number of rotatable bonds is 5. The maximum absolute atomic E-state index is 12.0. The van der Waals surface area contributed by atoms with E-state index in [0.717, 1.165) is 0 Å². The largest absolute Gasteiger partial charge is 0.465 e. The second kappa shape index (κ2) is 5.52. The van der Waals surface area contributed by atoms with E-state index in [2.05, 4.69) is 5.32 Å². The van der Waals surface area contributed by atoms with Gasteiger partial charge in [-0.2, -0.15) is 0 Å². The van der Waals surface area contributed by atoms with Crippen LogP contribution < -0.4 is 5.32 Å². The smallest absolute Gasteiger partial charge is 0.319 e. The molecule has 1 atom stereocenters. The van der Waals surface area contributed by atoms with Crippen LogP contribution in [0.25, 0.3) is 0 Å². The number of hydrogen-bond donors (Lipinski definition) is 1. The fraction of sp³-hybridized carbons (Fsp3) is 0.846. The molecule has 1 aliphatic carbocycles. The summed E-state index contributed by atoms with van der Waals surface area (Å²) in [6, 6.07) is 0. The van der Waals surface area contributed by atoms with Gasteiger partial charge in [0.1, 0.15) is 5.92 Å². The molecule has 1 N–H and O–H groups in total. The monoisotopic (exact) mass is 241 g/mol. The molecule has 0 spiro atoms. The first-order valence-corrected chi connectivity index (χ1v) is 6.30. The summed E-state index contributed by atoms with van der Waals surface area (Å²) in [5.41, 5.74) is -0.417. The molecule has 1 unspecified atom stereocenters. The van der Waals surface area contributed by atoms with E-state index >= 15 is 0 Å². The van der Waals surface area contributed by atoms with E-state index in [1.54, 1.807) is 6.92 Å². The molecule has 0 heterocycles. The number of esters is 1. The van der Waals surface area contributed by atoms with E-state index in [-0.39, 0.29) is 5.91 Å². The molecule has 0 aliphatic heterocycles. The molecule has 0 radical (unpaired) electrons. The summed E-state index contributed by atoms with van der Waals surface area (Å²) < 4.78 is 4.97. The highest BCUT2D eigenvalue weighted by molar-refractivity contribution is 5.98. The lowest BCUT2D eigenvalue weighted by atomic mass is 9.80. The zero-order valence-corrected chi connectivity index (χ0v) is 11.2. The van der Waals surface area contributed by atoms with Gasteiger partial charge < -0.3 is 10.1 Å². The maximum atomic E-state index is 12.0. The minimum absolute atomic E-state index is 0.206. The molecule has 17 heavy (non-hydrogen) atoms. The van der Waals surface area contributed by atoms with Crippen molar-refractivity contribution in [2.45, 2.75) is 40.5 Å². The lowest BCUT2D eigenvalue weighted by molar-refractivity contribution is -0.156. The number of carbonyl (C=O) groups is 2. The first-order valence-electron chi connectivity index (χ1n) is 6.30. The Morgan fingerprint density at radius 1 is 1.35 bits per heavy atom. The van der Waals surface area contributed by atoms with Crippen molar-refractivity contribution in [3.8, 4) is 0 Å². The highest BCUT2D eigenvalue weighted by Gasteiger charge is 2.39. The molecule has 0 aromatic carbocycles. The van der Waals surface area contributed by atoms with Gasteiger partial charge in [0.2, 0.25) is 5.91 Å². The van der Waals surface area contributed by atoms with Crippen LogP contribution in [0.2, 0.25) is 0 Å². The van der Waals surface area contributed by atoms with Crippen LogP contribution in [0.3, 0.4) is 0 Å². The van der Waals surface area contributed by atoms with E-state index in [1.165, 1.54) is 12.8 Å². The van der Waals surface area contributed by atoms with Gasteiger partial charge in [-0.3, -0.25) is 9.59 Å². The second-order valence-electron chi connectivity index (χ2n) is 5.74. The van der Waals surface area contributed by atoms with Crippen molar-refractivity contribution in [2.24, 2.45) is 17.3 Å². The van der Waals surface area contributed by atoms with Crippen molar-refractivity contribution in [1.29, 1.82) is 0 Å². The van der Waals surface area contributed by atoms with E-state index in [4.69, 9.17) is 4.74 Å². The van der Waals surface area contributed by atoms with Gasteiger partial charge in [-0.25, -0.2) is 0 Å². The van der Waals surface area contributed by atoms with Gasteiger partial charge in [-0.1, -0.05) is 20.8 Å². The Morgan fingerprint density at radius 2 is 1.94 bits per heavy atom. The van der Waals surface area contributed by atoms with Crippen LogP contribution in [0.4, 0.5) is 0 Å². The van der Waals surface area contributed by atoms with Gasteiger partial charge in [0.25, 0.3) is 0 Å². The zero-order valence-electron chi connectivity index (χ0n) is 11.2. The molecule has 1 aliphatic rings. The predicted molar refractivity (Wildman–Crippen MR) is 65.3 cm³/mol. The zero-order chi connectivity index (χ0) is 13.1. The van der Waals surface area contributed by atoms with Gasteiger partial charge in [0.05, 0.1) is 6.61 Å². The Morgan fingerprint density at radius 3 is 2.35 bits per heavy atom. The molecule has 0 aromatic rings. The molecule has 1 amide bonds. The van der Waals surface area contributed by atoms with Crippen LogP contribution in [-0.2, 0) is 14.3 Å². The molecular formula is C13H23NO3. The Kier molecular flexibility index (Phi) is 4.54. The molecule has 4 nitrogen and oxygen atoms in total. The number of hydrogen-bond acceptors (Lipinski definition) is 3. The van der Waals surface area contributed by atoms with Crippen molar-refractivity contribution in [3.05, 3.63) is 0 Å². The summed E-state index contributed by atoms with van der Waals surface area (Å²) in [4.78, 5) is 23.8. The number of nitrogens with one attached hydrogen (secondary N) is 1. The van der Waals surface area contributed by atoms with Gasteiger partial charge in [0, 0.05) is 6.54 Å². The summed E-state index contributed by atoms with van der Waals surface area (Å²) in [7, 11) is 0. The summed E-state index contributed by atoms with van der Waals surface area (Å²) in [6.45, 7) is 8.38. The van der Waals surface area contributed by atoms with Crippen molar-refractivity contribution >= 4 is 11.9 Å². The first-order chi connectivity index (χ1) is 7.86. The van der Waals surface area contributed by atoms with Crippen LogP contribution in [0.5, 0.6) is 0 Å². The first kappa shape index (κ1) is 14.0. The molecule has 1 rings (SSSR count). The van der Waals surface area contributed by atoms with Crippen molar-refractivity contribution in [3.63, 3.8) is 0 Å². The highest BCUT2D eigenvalue weighted by atomic mass is 16.5. The fourth-order valence-corrected chi connectivity index (χ4v) is 1.75. The number of amides is 1. The standard InChI is InChI=1S/C13H23NO3/c1-5-17-12(16)10(13(2,3)4)11(15)14-8-9-6-7-9/h9-10H,5-8H2,1-4H3,(H,14,15). The summed E-state index contributed by atoms with van der Waals surface area (Å²) >= 11 is 0. The minimum Gasteiger partial charge on any atom is -0.465 e. The molecule has 1 saturated carbocycles. The van der Waals surface area contributed by atoms with Crippen LogP contribution >= 0.6 is 0 Å². The van der Waals surface area contributed by atoms with Crippen molar-refractivity contribution in [1.82, 2.24) is 5.32 Å². The molecule has 4 heteroatoms. The SMILES string of the molecule is CCOC(=O)C(C(=O)NCC1CC1)C(C)(C)C. The van der Waals surface area contributed by atoms with Crippen LogP contribution in [0.1, 0.15) is 40.5 Å². The third-order valence-electron chi connectivity index (χ3n) is 2.91. The Labute approximate surface area is 103 Å². The highest BCUT2D eigenvalue weighted by Crippen LogP contribution is 2.30. The fourth-order valence-electron chi connectivity index (χ4n) is 1.75. The molecule has 0 aromatic heterocycles. The molecular weight excluding hydrogens is 218 g/mol. The molecule has 98 valence electrons. The normalized spacial score (nSPS) is 17.4. The van der Waals surface area contributed by atoms with Gasteiger partial charge in [-0.15, -0.1) is 0 Å². The van der Waals surface area contributed by atoms with E-state index in [9.17, 15) is 9.59 Å². The van der Waals surface area contributed by atoms with Crippen molar-refractivity contribution < 1.29 is 14.3 Å². The third-order valence-corrected chi connectivity index (χ3v) is 2.91. The second-order valence-corrected chi connectivity index (χ2v) is 5.74. The molecule has 0 saturated heterocycles. The molecule has 1 fully saturated rings. The van der Waals surface area contributed by atoms with Crippen molar-refractivity contribution in [2.75, 3.05) is 13.2 Å². The van der Waals surface area contributed by atoms with Crippen LogP contribution in [-0.4, -0.2) is 25.0 Å². The Balaban J connectivity index is 2.60. The average Bonchev–Trinajstić information content (AvgIpc) is 2.96. The van der Waals surface area contributed by atoms with Gasteiger partial charge in [0.15, 0.2) is 0 Å². The van der Waals surface area contributed by atoms with E-state index in [0.29, 0.717) is 19.1 Å². The quantitative estimate of drug-likeness (QED) is 0.589. The maximum Gasteiger partial charge on any atom is 0.319 e. The van der Waals surface area contributed by atoms with E-state index < -0.39 is 17.3 Å². The minimum atomic E-state index is -0.721. The summed E-state index contributed by atoms with van der Waals surface area (Å²) in [6.07, 6.45) is 2.36. The lowest BCUT2D eigenvalue weighted by Crippen LogP contribution is -2.44. The summed E-state index contributed by atoms with van der Waals surface area (Å²) in [5.74, 6) is -0.737. The van der Waals surface area contributed by atoms with E-state index in [1.807, 2.05) is 20.8 Å². The Hall–Kier alpha value is -1.06. The van der Waals surface area contributed by atoms with Crippen LogP contribution in [0.15, 0.2) is 0 Å². The van der Waals surface area contributed by atoms with Crippen LogP contribution in [0, 0.1) is 17.3 Å². The number of ether oxygens (including phenoxy) is 1. The lowest BCUT2D eigenvalue weighted by Gasteiger charge is -2.27. The Bertz CT molecular complexity index is 290. The van der Waals surface area contributed by atoms with Gasteiger partial charge >= 0.3 is 5.97 Å².